The van der Waals surface area contributed by atoms with E-state index in [-0.39, 0.29) is 22.4 Å². The van der Waals surface area contributed by atoms with Crippen molar-refractivity contribution in [3.05, 3.63) is 0 Å². The minimum absolute atomic E-state index is 0.0590. The molecule has 0 amide bonds. The number of hydrogen-bond donors (Lipinski definition) is 0. The number of rotatable bonds is 0. The number of sulfone groups is 2. The summed E-state index contributed by atoms with van der Waals surface area (Å²) in [7, 11) is -11.4. The molecule has 60 heavy (non-hydrogen) atoms. The maximum atomic E-state index is 11.5. The first-order chi connectivity index (χ1) is 28.7. The van der Waals surface area contributed by atoms with Gasteiger partial charge < -0.3 is 0 Å². The molecule has 4 saturated carbocycles. The van der Waals surface area contributed by atoms with Crippen molar-refractivity contribution in [3.63, 3.8) is 0 Å². The van der Waals surface area contributed by atoms with E-state index in [1.54, 1.807) is 0 Å². The zero-order valence-electron chi connectivity index (χ0n) is 44.2. The normalized spacial score (nSPS) is 28.7. The first kappa shape index (κ1) is 77.0. The second-order valence-electron chi connectivity index (χ2n) is 11.6. The van der Waals surface area contributed by atoms with Gasteiger partial charge in [0.05, 0.1) is 46.2 Å². The van der Waals surface area contributed by atoms with E-state index in [4.69, 9.17) is 4.18 Å². The molecule has 8 unspecified atom stereocenters. The smallest absolute Gasteiger partial charge is 0.270 e. The molecule has 4 aliphatic heterocycles. The highest BCUT2D eigenvalue weighted by molar-refractivity contribution is 7.92. The molecule has 0 aromatic carbocycles. The molecule has 4 aliphatic carbocycles. The molecule has 4 bridgehead atoms. The van der Waals surface area contributed by atoms with E-state index in [1.165, 1.54) is 12.8 Å². The predicted octanol–water partition coefficient (Wildman–Crippen LogP) is 13.6. The summed E-state index contributed by atoms with van der Waals surface area (Å²) in [6, 6.07) is 0. The summed E-state index contributed by atoms with van der Waals surface area (Å²) in [5, 5.41) is -0.0440. The van der Waals surface area contributed by atoms with Crippen LogP contribution in [-0.2, 0) is 48.3 Å². The lowest BCUT2D eigenvalue weighted by Gasteiger charge is -2.14. The standard InChI is InChI=1S/C8H12O2S.C7H10O3S.C4H8O2S.C3H6O3S.12C2H6/c9-11(10)4-6-1-5-2-7(6)8(11)3-5;8-11(9)7-3-4-1-5(7)6(2-4)10-11;5-7(6)3-1-2-4-7;4-7(5)3-1-2-6-7;12*1-2/h5-8H,1-4H2;4-7H,1-3H2;1-4H2;1-3H2;12*1-2H3. The third-order valence-electron chi connectivity index (χ3n) is 9.08. The quantitative estimate of drug-likeness (QED) is 0.214. The molecule has 0 radical (unpaired) electrons. The van der Waals surface area contributed by atoms with Crippen LogP contribution in [0.5, 0.6) is 0 Å². The zero-order valence-corrected chi connectivity index (χ0v) is 47.5. The highest BCUT2D eigenvalue weighted by Crippen LogP contribution is 2.56. The van der Waals surface area contributed by atoms with E-state index in [0.29, 0.717) is 54.0 Å². The summed E-state index contributed by atoms with van der Waals surface area (Å²) in [5.74, 6) is 4.46. The molecule has 8 aliphatic rings. The fraction of sp³-hybridized carbons (Fsp3) is 1.00. The molecule has 0 spiro atoms. The van der Waals surface area contributed by atoms with Crippen molar-refractivity contribution in [3.8, 4) is 0 Å². The average Bonchev–Trinajstić information content (AvgIpc) is 4.21. The third-order valence-corrected chi connectivity index (χ3v) is 16.4. The zero-order chi connectivity index (χ0) is 49.9. The summed E-state index contributed by atoms with van der Waals surface area (Å²) in [6.07, 6.45) is 8.83. The molecular formula is C46H108O10S4. The van der Waals surface area contributed by atoms with Gasteiger partial charge in [-0.25, -0.2) is 16.8 Å². The van der Waals surface area contributed by atoms with E-state index < -0.39 is 39.9 Å². The van der Waals surface area contributed by atoms with Gasteiger partial charge >= 0.3 is 0 Å². The van der Waals surface area contributed by atoms with Crippen LogP contribution in [0.2, 0.25) is 0 Å². The monoisotopic (exact) mass is 949 g/mol. The first-order valence-corrected chi connectivity index (χ1v) is 31.5. The third kappa shape index (κ3) is 29.2. The Morgan fingerprint density at radius 3 is 1.02 bits per heavy atom. The van der Waals surface area contributed by atoms with Gasteiger partial charge in [0.2, 0.25) is 0 Å². The average molecular weight is 950 g/mol. The minimum Gasteiger partial charge on any atom is -0.270 e. The van der Waals surface area contributed by atoms with Gasteiger partial charge in [0, 0.05) is 5.92 Å². The Morgan fingerprint density at radius 2 is 0.783 bits per heavy atom. The highest BCUT2D eigenvalue weighted by atomic mass is 32.2. The second-order valence-corrected chi connectivity index (χ2v) is 19.7. The molecule has 10 nitrogen and oxygen atoms in total. The molecule has 14 heteroatoms. The van der Waals surface area contributed by atoms with Crippen LogP contribution < -0.4 is 0 Å². The van der Waals surface area contributed by atoms with Crippen LogP contribution in [0, 0.1) is 29.6 Å². The fourth-order valence-corrected chi connectivity index (χ4v) is 14.6. The van der Waals surface area contributed by atoms with E-state index in [0.717, 1.165) is 44.4 Å². The molecule has 0 N–H and O–H groups in total. The van der Waals surface area contributed by atoms with Gasteiger partial charge in [0.15, 0.2) is 9.84 Å². The molecule has 8 rings (SSSR count). The second kappa shape index (κ2) is 48.2. The van der Waals surface area contributed by atoms with Gasteiger partial charge in [-0.1, -0.05) is 166 Å². The van der Waals surface area contributed by atoms with Crippen molar-refractivity contribution >= 4 is 39.9 Å². The van der Waals surface area contributed by atoms with Gasteiger partial charge in [-0.2, -0.15) is 16.8 Å². The molecule has 4 saturated heterocycles. The summed E-state index contributed by atoms with van der Waals surface area (Å²) in [4.78, 5) is 0. The Morgan fingerprint density at radius 1 is 0.400 bits per heavy atom. The topological polar surface area (TPSA) is 155 Å². The Hall–Kier alpha value is -0.280. The van der Waals surface area contributed by atoms with E-state index in [2.05, 4.69) is 4.18 Å². The lowest BCUT2D eigenvalue weighted by molar-refractivity contribution is 0.196. The summed E-state index contributed by atoms with van der Waals surface area (Å²) >= 11 is 0. The maximum Gasteiger partial charge on any atom is 0.270 e. The van der Waals surface area contributed by atoms with Crippen LogP contribution in [0.1, 0.15) is 224 Å². The Bertz CT molecular complexity index is 1160. The first-order valence-electron chi connectivity index (χ1n) is 25.0. The van der Waals surface area contributed by atoms with Crippen LogP contribution in [0.25, 0.3) is 0 Å². The summed E-state index contributed by atoms with van der Waals surface area (Å²) in [6.45, 7) is 48.4. The van der Waals surface area contributed by atoms with Gasteiger partial charge in [0.1, 0.15) is 9.84 Å². The molecule has 4 heterocycles. The SMILES string of the molecule is CC.CC.CC.CC.CC.CC.CC.CC.CC.CC.CC.CC.O=S1(=O)CC2CC3CC2C1C3.O=S1(=O)CCCC1.O=S1(=O)CCCO1.O=S1(=O)OC2CC3CC2C1C3. The van der Waals surface area contributed by atoms with Crippen LogP contribution >= 0.6 is 0 Å². The van der Waals surface area contributed by atoms with Gasteiger partial charge in [0.25, 0.3) is 20.2 Å². The van der Waals surface area contributed by atoms with Crippen molar-refractivity contribution in [2.24, 2.45) is 29.6 Å². The van der Waals surface area contributed by atoms with E-state index in [1.807, 2.05) is 166 Å². The molecule has 0 aromatic rings. The van der Waals surface area contributed by atoms with Crippen molar-refractivity contribution < 1.29 is 42.0 Å². The molecule has 376 valence electrons. The lowest BCUT2D eigenvalue weighted by Crippen LogP contribution is -2.21. The van der Waals surface area contributed by atoms with Crippen LogP contribution in [-0.4, -0.2) is 79.9 Å². The summed E-state index contributed by atoms with van der Waals surface area (Å²) < 4.78 is 96.1. The van der Waals surface area contributed by atoms with Crippen LogP contribution in [0.4, 0.5) is 0 Å². The number of hydrogen-bond acceptors (Lipinski definition) is 10. The van der Waals surface area contributed by atoms with Crippen molar-refractivity contribution in [2.75, 3.05) is 29.6 Å². The molecule has 8 atom stereocenters. The van der Waals surface area contributed by atoms with Gasteiger partial charge in [-0.15, -0.1) is 0 Å². The van der Waals surface area contributed by atoms with E-state index in [9.17, 15) is 33.7 Å². The van der Waals surface area contributed by atoms with Crippen LogP contribution in [0.3, 0.4) is 0 Å². The van der Waals surface area contributed by atoms with Crippen molar-refractivity contribution in [2.45, 2.75) is 241 Å². The highest BCUT2D eigenvalue weighted by Gasteiger charge is 2.59. The van der Waals surface area contributed by atoms with Gasteiger partial charge in [-0.05, 0) is 81.5 Å². The van der Waals surface area contributed by atoms with E-state index >= 15 is 0 Å². The fourth-order valence-electron chi connectivity index (χ4n) is 7.59. The Kier molecular flexibility index (Phi) is 61.8. The predicted molar refractivity (Wildman–Crippen MR) is 269 cm³/mol. The lowest BCUT2D eigenvalue weighted by atomic mass is 9.91. The van der Waals surface area contributed by atoms with Crippen molar-refractivity contribution in [1.29, 1.82) is 0 Å². The molecular weight excluding hydrogens is 841 g/mol. The Balaban J connectivity index is -0.0000000868. The van der Waals surface area contributed by atoms with Crippen LogP contribution in [0.15, 0.2) is 0 Å². The number of fused-ring (bicyclic) bond motifs is 2. The summed E-state index contributed by atoms with van der Waals surface area (Å²) in [5.41, 5.74) is 0. The van der Waals surface area contributed by atoms with Crippen molar-refractivity contribution in [1.82, 2.24) is 0 Å². The van der Waals surface area contributed by atoms with Gasteiger partial charge in [-0.3, -0.25) is 8.37 Å². The Labute approximate surface area is 379 Å². The minimum atomic E-state index is -3.13. The molecule has 8 fully saturated rings. The molecule has 0 aromatic heterocycles. The maximum absolute atomic E-state index is 11.5. The largest absolute Gasteiger partial charge is 0.270 e.